The normalized spacial score (nSPS) is 10.4. The molecular weight excluding hydrogens is 286 g/mol. The van der Waals surface area contributed by atoms with Gasteiger partial charge in [-0.1, -0.05) is 43.8 Å². The fourth-order valence-electron chi connectivity index (χ4n) is 2.17. The number of para-hydroxylation sites is 1. The molecule has 1 rings (SSSR count). The predicted molar refractivity (Wildman–Crippen MR) is 88.9 cm³/mol. The molecule has 1 amide bonds. The molecule has 21 heavy (non-hydrogen) atoms. The molecular formula is C15H23N3O2S. The lowest BCUT2D eigenvalue weighted by Gasteiger charge is -2.26. The second kappa shape index (κ2) is 8.69. The molecule has 0 aliphatic rings. The van der Waals surface area contributed by atoms with Crippen molar-refractivity contribution >= 4 is 28.5 Å². The monoisotopic (exact) mass is 309 g/mol. The van der Waals surface area contributed by atoms with Crippen LogP contribution in [-0.4, -0.2) is 30.7 Å². The van der Waals surface area contributed by atoms with Crippen molar-refractivity contribution in [1.82, 2.24) is 0 Å². The van der Waals surface area contributed by atoms with Gasteiger partial charge in [-0.05, 0) is 24.0 Å². The third kappa shape index (κ3) is 4.75. The Bertz CT molecular complexity index is 483. The summed E-state index contributed by atoms with van der Waals surface area (Å²) in [6.45, 7) is 4.33. The zero-order chi connectivity index (χ0) is 15.8. The zero-order valence-corrected chi connectivity index (χ0v) is 13.6. The highest BCUT2D eigenvalue weighted by atomic mass is 32.2. The number of nitrogens with zero attached hydrogens (tertiary/aromatic N) is 1. The Balaban J connectivity index is 3.15. The number of methoxy groups -OCH3 is 1. The summed E-state index contributed by atoms with van der Waals surface area (Å²) in [6.07, 6.45) is 1.69. The number of amidine groups is 1. The Kier molecular flexibility index (Phi) is 7.25. The number of hydrogen-bond acceptors (Lipinski definition) is 4. The van der Waals surface area contributed by atoms with Gasteiger partial charge in [0.1, 0.15) is 6.73 Å². The molecule has 0 spiro atoms. The average molecular weight is 309 g/mol. The number of carbonyl (C=O) groups excluding carboxylic acids is 1. The molecule has 6 heteroatoms. The van der Waals surface area contributed by atoms with E-state index in [2.05, 4.69) is 13.8 Å². The van der Waals surface area contributed by atoms with Crippen LogP contribution in [0.2, 0.25) is 0 Å². The van der Waals surface area contributed by atoms with Gasteiger partial charge in [0.15, 0.2) is 5.17 Å². The van der Waals surface area contributed by atoms with E-state index in [-0.39, 0.29) is 23.6 Å². The highest BCUT2D eigenvalue weighted by molar-refractivity contribution is 8.14. The summed E-state index contributed by atoms with van der Waals surface area (Å²) >= 11 is 1.03. The minimum absolute atomic E-state index is 0.0554. The number of rotatable bonds is 7. The lowest BCUT2D eigenvalue weighted by atomic mass is 10.0. The first kappa shape index (κ1) is 17.5. The Labute approximate surface area is 130 Å². The quantitative estimate of drug-likeness (QED) is 0.460. The third-order valence-corrected chi connectivity index (χ3v) is 3.85. The fraction of sp³-hybridized carbons (Fsp3) is 0.467. The molecule has 0 heterocycles. The number of carbonyl (C=O) groups is 1. The fourth-order valence-corrected chi connectivity index (χ4v) is 2.60. The summed E-state index contributed by atoms with van der Waals surface area (Å²) in [7, 11) is 1.57. The Morgan fingerprint density at radius 3 is 2.33 bits per heavy atom. The summed E-state index contributed by atoms with van der Waals surface area (Å²) in [6, 6.07) is 6.08. The van der Waals surface area contributed by atoms with Crippen LogP contribution in [-0.2, 0) is 22.4 Å². The second-order valence-electron chi connectivity index (χ2n) is 4.52. The Hall–Kier alpha value is -1.53. The van der Waals surface area contributed by atoms with E-state index < -0.39 is 0 Å². The molecule has 1 aromatic carbocycles. The zero-order valence-electron chi connectivity index (χ0n) is 12.8. The van der Waals surface area contributed by atoms with Gasteiger partial charge in [0.2, 0.25) is 5.91 Å². The number of amides is 1. The van der Waals surface area contributed by atoms with E-state index >= 15 is 0 Å². The van der Waals surface area contributed by atoms with E-state index in [1.54, 1.807) is 12.0 Å². The van der Waals surface area contributed by atoms with Crippen molar-refractivity contribution in [2.45, 2.75) is 26.7 Å². The second-order valence-corrected chi connectivity index (χ2v) is 5.54. The number of nitrogens with two attached hydrogens (primary N) is 1. The maximum Gasteiger partial charge on any atom is 0.239 e. The number of benzene rings is 1. The van der Waals surface area contributed by atoms with Crippen molar-refractivity contribution in [3.8, 4) is 0 Å². The van der Waals surface area contributed by atoms with E-state index in [0.717, 1.165) is 41.4 Å². The Morgan fingerprint density at radius 1 is 1.33 bits per heavy atom. The van der Waals surface area contributed by atoms with E-state index in [0.29, 0.717) is 0 Å². The number of ether oxygens (including phenoxy) is 1. The van der Waals surface area contributed by atoms with Gasteiger partial charge in [-0.15, -0.1) is 0 Å². The first-order chi connectivity index (χ1) is 10.0. The summed E-state index contributed by atoms with van der Waals surface area (Å²) in [5, 5.41) is 7.18. The average Bonchev–Trinajstić information content (AvgIpc) is 2.49. The summed E-state index contributed by atoms with van der Waals surface area (Å²) in [4.78, 5) is 14.1. The maximum absolute atomic E-state index is 12.4. The van der Waals surface area contributed by atoms with E-state index in [1.807, 2.05) is 18.2 Å². The molecule has 0 saturated carbocycles. The van der Waals surface area contributed by atoms with Gasteiger partial charge in [0.05, 0.1) is 11.4 Å². The topological polar surface area (TPSA) is 79.4 Å². The minimum Gasteiger partial charge on any atom is -0.379 e. The first-order valence-electron chi connectivity index (χ1n) is 6.91. The van der Waals surface area contributed by atoms with Gasteiger partial charge in [0, 0.05) is 7.11 Å². The van der Waals surface area contributed by atoms with Gasteiger partial charge in [0.25, 0.3) is 0 Å². The molecule has 0 saturated heterocycles. The molecule has 1 aromatic rings. The van der Waals surface area contributed by atoms with Crippen LogP contribution in [0.4, 0.5) is 5.69 Å². The standard InChI is InChI=1S/C15H23N3O2S/c1-4-11-7-6-8-12(5-2)14(11)18(10-20-3)13(19)9-21-15(16)17/h6-8H,4-5,9-10H2,1-3H3,(H3,16,17). The molecule has 0 aromatic heterocycles. The summed E-state index contributed by atoms with van der Waals surface area (Å²) < 4.78 is 5.20. The first-order valence-corrected chi connectivity index (χ1v) is 7.90. The van der Waals surface area contributed by atoms with Crippen LogP contribution in [0, 0.1) is 5.41 Å². The Morgan fingerprint density at radius 2 is 1.90 bits per heavy atom. The molecule has 0 fully saturated rings. The predicted octanol–water partition coefficient (Wildman–Crippen LogP) is 2.37. The lowest BCUT2D eigenvalue weighted by Crippen LogP contribution is -2.36. The molecule has 0 atom stereocenters. The molecule has 5 nitrogen and oxygen atoms in total. The third-order valence-electron chi connectivity index (χ3n) is 3.15. The SMILES string of the molecule is CCc1cccc(CC)c1N(COC)C(=O)CSC(=N)N. The largest absolute Gasteiger partial charge is 0.379 e. The number of anilines is 1. The van der Waals surface area contributed by atoms with E-state index in [9.17, 15) is 4.79 Å². The van der Waals surface area contributed by atoms with Gasteiger partial charge in [-0.25, -0.2) is 0 Å². The number of thioether (sulfide) groups is 1. The molecule has 0 radical (unpaired) electrons. The molecule has 116 valence electrons. The number of hydrogen-bond donors (Lipinski definition) is 2. The van der Waals surface area contributed by atoms with Gasteiger partial charge >= 0.3 is 0 Å². The van der Waals surface area contributed by atoms with Gasteiger partial charge in [-0.2, -0.15) is 0 Å². The van der Waals surface area contributed by atoms with Crippen LogP contribution in [0.5, 0.6) is 0 Å². The van der Waals surface area contributed by atoms with Crippen molar-refractivity contribution in [3.63, 3.8) is 0 Å². The smallest absolute Gasteiger partial charge is 0.239 e. The van der Waals surface area contributed by atoms with Gasteiger partial charge in [-0.3, -0.25) is 15.1 Å². The van der Waals surface area contributed by atoms with Crippen molar-refractivity contribution < 1.29 is 9.53 Å². The van der Waals surface area contributed by atoms with E-state index in [1.165, 1.54) is 0 Å². The molecule has 0 aliphatic heterocycles. The van der Waals surface area contributed by atoms with Gasteiger partial charge < -0.3 is 10.5 Å². The van der Waals surface area contributed by atoms with Crippen molar-refractivity contribution in [2.24, 2.45) is 5.73 Å². The van der Waals surface area contributed by atoms with Crippen LogP contribution < -0.4 is 10.6 Å². The highest BCUT2D eigenvalue weighted by Crippen LogP contribution is 2.27. The molecule has 0 aliphatic carbocycles. The van der Waals surface area contributed by atoms with Crippen LogP contribution in [0.25, 0.3) is 0 Å². The van der Waals surface area contributed by atoms with Crippen LogP contribution in [0.1, 0.15) is 25.0 Å². The molecule has 0 bridgehead atoms. The van der Waals surface area contributed by atoms with Crippen LogP contribution in [0.3, 0.4) is 0 Å². The molecule has 3 N–H and O–H groups in total. The van der Waals surface area contributed by atoms with Crippen molar-refractivity contribution in [2.75, 3.05) is 24.5 Å². The lowest BCUT2D eigenvalue weighted by molar-refractivity contribution is -0.117. The van der Waals surface area contributed by atoms with E-state index in [4.69, 9.17) is 15.9 Å². The van der Waals surface area contributed by atoms with Crippen LogP contribution in [0.15, 0.2) is 18.2 Å². The van der Waals surface area contributed by atoms with Crippen molar-refractivity contribution in [3.05, 3.63) is 29.3 Å². The minimum atomic E-state index is -0.104. The highest BCUT2D eigenvalue weighted by Gasteiger charge is 2.21. The number of aryl methyl sites for hydroxylation is 2. The number of nitrogens with one attached hydrogen (secondary N) is 1. The molecule has 0 unspecified atom stereocenters. The van der Waals surface area contributed by atoms with Crippen molar-refractivity contribution in [1.29, 1.82) is 5.41 Å². The summed E-state index contributed by atoms with van der Waals surface area (Å²) in [5.74, 6) is 0.0348. The van der Waals surface area contributed by atoms with Crippen LogP contribution >= 0.6 is 11.8 Å². The maximum atomic E-state index is 12.4. The summed E-state index contributed by atoms with van der Waals surface area (Å²) in [5.41, 5.74) is 8.48.